The summed E-state index contributed by atoms with van der Waals surface area (Å²) >= 11 is 1.75. The molecule has 4 nitrogen and oxygen atoms in total. The molecule has 0 saturated carbocycles. The third kappa shape index (κ3) is 8.87. The van der Waals surface area contributed by atoms with Crippen molar-refractivity contribution in [2.45, 2.75) is 52.0 Å². The molecule has 0 aliphatic heterocycles. The van der Waals surface area contributed by atoms with Gasteiger partial charge in [0.1, 0.15) is 6.04 Å². The molecule has 0 unspecified atom stereocenters. The Morgan fingerprint density at radius 2 is 1.47 bits per heavy atom. The van der Waals surface area contributed by atoms with Crippen molar-refractivity contribution in [1.29, 1.82) is 0 Å². The van der Waals surface area contributed by atoms with Crippen LogP contribution in [0.4, 0.5) is 0 Å². The molecule has 0 bridgehead atoms. The van der Waals surface area contributed by atoms with E-state index >= 15 is 0 Å². The van der Waals surface area contributed by atoms with Gasteiger partial charge in [-0.1, -0.05) is 98.8 Å². The first-order valence-electron chi connectivity index (χ1n) is 12.7. The Hall–Kier alpha value is -3.05. The van der Waals surface area contributed by atoms with Crippen LogP contribution < -0.4 is 5.32 Å². The largest absolute Gasteiger partial charge is 0.354 e. The zero-order chi connectivity index (χ0) is 25.8. The molecule has 5 heteroatoms. The highest BCUT2D eigenvalue weighted by atomic mass is 32.2. The summed E-state index contributed by atoms with van der Waals surface area (Å²) in [6.45, 7) is 7.21. The predicted octanol–water partition coefficient (Wildman–Crippen LogP) is 6.03. The molecule has 0 saturated heterocycles. The van der Waals surface area contributed by atoms with Gasteiger partial charge in [0, 0.05) is 37.4 Å². The van der Waals surface area contributed by atoms with Gasteiger partial charge in [0.15, 0.2) is 0 Å². The van der Waals surface area contributed by atoms with E-state index in [1.54, 1.807) is 16.7 Å². The number of nitrogens with zero attached hydrogens (tertiary/aromatic N) is 1. The van der Waals surface area contributed by atoms with Gasteiger partial charge in [-0.3, -0.25) is 9.59 Å². The van der Waals surface area contributed by atoms with Crippen LogP contribution in [0.2, 0.25) is 0 Å². The molecule has 3 aromatic carbocycles. The lowest BCUT2D eigenvalue weighted by Gasteiger charge is -2.32. The molecule has 1 atom stereocenters. The molecule has 3 rings (SSSR count). The number of carbonyl (C=O) groups is 2. The third-order valence-corrected chi connectivity index (χ3v) is 7.16. The number of benzene rings is 3. The fourth-order valence-corrected chi connectivity index (χ4v) is 4.91. The lowest BCUT2D eigenvalue weighted by atomic mass is 10.0. The van der Waals surface area contributed by atoms with Crippen molar-refractivity contribution in [2.75, 3.05) is 12.3 Å². The van der Waals surface area contributed by atoms with Gasteiger partial charge in [0.25, 0.3) is 0 Å². The molecule has 0 aliphatic carbocycles. The normalized spacial score (nSPS) is 11.8. The minimum atomic E-state index is -0.572. The van der Waals surface area contributed by atoms with Crippen LogP contribution in [0.1, 0.15) is 42.5 Å². The van der Waals surface area contributed by atoms with Crippen LogP contribution in [-0.4, -0.2) is 35.1 Å². The van der Waals surface area contributed by atoms with Crippen LogP contribution in [0, 0.1) is 12.8 Å². The second-order valence-electron chi connectivity index (χ2n) is 9.58. The molecule has 0 heterocycles. The quantitative estimate of drug-likeness (QED) is 0.290. The SMILES string of the molecule is Cc1ccccc1CN(C(=O)CCSCc1ccccc1)[C@H](Cc1ccccc1)C(=O)NCC(C)C. The minimum Gasteiger partial charge on any atom is -0.354 e. The monoisotopic (exact) mass is 502 g/mol. The molecule has 0 fully saturated rings. The fourth-order valence-electron chi connectivity index (χ4n) is 4.01. The molecule has 1 N–H and O–H groups in total. The van der Waals surface area contributed by atoms with E-state index < -0.39 is 6.04 Å². The van der Waals surface area contributed by atoms with E-state index in [4.69, 9.17) is 0 Å². The van der Waals surface area contributed by atoms with Crippen molar-refractivity contribution < 1.29 is 9.59 Å². The Morgan fingerprint density at radius 3 is 2.11 bits per heavy atom. The zero-order valence-corrected chi connectivity index (χ0v) is 22.5. The van der Waals surface area contributed by atoms with Gasteiger partial charge < -0.3 is 10.2 Å². The maximum atomic E-state index is 13.7. The summed E-state index contributed by atoms with van der Waals surface area (Å²) in [5.41, 5.74) is 4.48. The first-order chi connectivity index (χ1) is 17.4. The molecule has 190 valence electrons. The summed E-state index contributed by atoms with van der Waals surface area (Å²) in [4.78, 5) is 29.0. The van der Waals surface area contributed by atoms with Gasteiger partial charge in [-0.25, -0.2) is 0 Å². The van der Waals surface area contributed by atoms with Gasteiger partial charge in [-0.05, 0) is 35.1 Å². The van der Waals surface area contributed by atoms with E-state index in [0.29, 0.717) is 37.6 Å². The maximum Gasteiger partial charge on any atom is 0.243 e. The molecule has 36 heavy (non-hydrogen) atoms. The van der Waals surface area contributed by atoms with Crippen molar-refractivity contribution in [1.82, 2.24) is 10.2 Å². The van der Waals surface area contributed by atoms with Gasteiger partial charge >= 0.3 is 0 Å². The van der Waals surface area contributed by atoms with Gasteiger partial charge in [0.05, 0.1) is 0 Å². The minimum absolute atomic E-state index is 0.0134. The molecule has 2 amide bonds. The highest BCUT2D eigenvalue weighted by Crippen LogP contribution is 2.20. The van der Waals surface area contributed by atoms with Crippen LogP contribution in [0.3, 0.4) is 0 Å². The smallest absolute Gasteiger partial charge is 0.243 e. The lowest BCUT2D eigenvalue weighted by molar-refractivity contribution is -0.141. The number of rotatable bonds is 13. The van der Waals surface area contributed by atoms with Crippen molar-refractivity contribution in [2.24, 2.45) is 5.92 Å². The molecule has 0 radical (unpaired) electrons. The Labute approximate surface area is 220 Å². The molecular weight excluding hydrogens is 464 g/mol. The van der Waals surface area contributed by atoms with E-state index in [2.05, 4.69) is 44.3 Å². The van der Waals surface area contributed by atoms with Crippen LogP contribution in [0.5, 0.6) is 0 Å². The first kappa shape index (κ1) is 27.5. The van der Waals surface area contributed by atoms with Crippen LogP contribution >= 0.6 is 11.8 Å². The van der Waals surface area contributed by atoms with Crippen molar-refractivity contribution in [3.05, 3.63) is 107 Å². The summed E-state index contributed by atoms with van der Waals surface area (Å²) in [5.74, 6) is 1.84. The number of hydrogen-bond acceptors (Lipinski definition) is 3. The Bertz CT molecular complexity index is 1090. The molecule has 0 aliphatic rings. The summed E-state index contributed by atoms with van der Waals surface area (Å²) in [6, 6.07) is 27.8. The predicted molar refractivity (Wildman–Crippen MR) is 151 cm³/mol. The Balaban J connectivity index is 1.80. The standard InChI is InChI=1S/C31H38N2O2S/c1-24(2)21-32-31(35)29(20-26-13-6-4-7-14-26)33(22-28-17-11-10-12-25(28)3)30(34)18-19-36-23-27-15-8-5-9-16-27/h4-17,24,29H,18-23H2,1-3H3,(H,32,35)/t29-/m1/s1. The maximum absolute atomic E-state index is 13.7. The number of nitrogens with one attached hydrogen (secondary N) is 1. The van der Waals surface area contributed by atoms with Crippen LogP contribution in [0.15, 0.2) is 84.9 Å². The summed E-state index contributed by atoms with van der Waals surface area (Å²) < 4.78 is 0. The van der Waals surface area contributed by atoms with E-state index in [-0.39, 0.29) is 11.8 Å². The number of thioether (sulfide) groups is 1. The molecule has 0 aromatic heterocycles. The van der Waals surface area contributed by atoms with Gasteiger partial charge in [-0.15, -0.1) is 0 Å². The topological polar surface area (TPSA) is 49.4 Å². The highest BCUT2D eigenvalue weighted by molar-refractivity contribution is 7.98. The molecule has 0 spiro atoms. The van der Waals surface area contributed by atoms with E-state index in [0.717, 1.165) is 22.4 Å². The van der Waals surface area contributed by atoms with Crippen molar-refractivity contribution >= 4 is 23.6 Å². The second-order valence-corrected chi connectivity index (χ2v) is 10.7. The summed E-state index contributed by atoms with van der Waals surface area (Å²) in [7, 11) is 0. The average Bonchev–Trinajstić information content (AvgIpc) is 2.89. The Kier molecular flexibility index (Phi) is 11.1. The van der Waals surface area contributed by atoms with Gasteiger partial charge in [0.2, 0.25) is 11.8 Å². The zero-order valence-electron chi connectivity index (χ0n) is 21.7. The van der Waals surface area contributed by atoms with Crippen molar-refractivity contribution in [3.63, 3.8) is 0 Å². The van der Waals surface area contributed by atoms with Gasteiger partial charge in [-0.2, -0.15) is 11.8 Å². The third-order valence-electron chi connectivity index (χ3n) is 6.13. The number of carbonyl (C=O) groups excluding carboxylic acids is 2. The first-order valence-corrected chi connectivity index (χ1v) is 13.9. The van der Waals surface area contributed by atoms with E-state index in [1.807, 2.05) is 66.7 Å². The molecule has 3 aromatic rings. The summed E-state index contributed by atoms with van der Waals surface area (Å²) in [5, 5.41) is 3.09. The molecular formula is C31H38N2O2S. The average molecular weight is 503 g/mol. The number of hydrogen-bond donors (Lipinski definition) is 1. The number of amides is 2. The van der Waals surface area contributed by atoms with Crippen LogP contribution in [0.25, 0.3) is 0 Å². The summed E-state index contributed by atoms with van der Waals surface area (Å²) in [6.07, 6.45) is 0.881. The van der Waals surface area contributed by atoms with E-state index in [9.17, 15) is 9.59 Å². The van der Waals surface area contributed by atoms with Crippen LogP contribution in [-0.2, 0) is 28.3 Å². The van der Waals surface area contributed by atoms with Crippen molar-refractivity contribution in [3.8, 4) is 0 Å². The Morgan fingerprint density at radius 1 is 0.861 bits per heavy atom. The number of aryl methyl sites for hydroxylation is 1. The van der Waals surface area contributed by atoms with E-state index in [1.165, 1.54) is 5.56 Å². The second kappa shape index (κ2) is 14.5. The fraction of sp³-hybridized carbons (Fsp3) is 0.355. The lowest BCUT2D eigenvalue weighted by Crippen LogP contribution is -2.51. The highest BCUT2D eigenvalue weighted by Gasteiger charge is 2.30.